The molecule has 5 aromatic carbocycles. The lowest BCUT2D eigenvalue weighted by Crippen LogP contribution is -2.28. The van der Waals surface area contributed by atoms with Gasteiger partial charge in [-0.1, -0.05) is 101 Å². The Balaban J connectivity index is 1.65. The molecule has 0 bridgehead atoms. The molecule has 6 rings (SSSR count). The molecule has 0 heterocycles. The van der Waals surface area contributed by atoms with Gasteiger partial charge in [0.15, 0.2) is 0 Å². The van der Waals surface area contributed by atoms with E-state index >= 15 is 0 Å². The number of nitrogens with zero attached hydrogens (tertiary/aromatic N) is 1. The first kappa shape index (κ1) is 20.9. The van der Waals surface area contributed by atoms with Crippen LogP contribution in [0.4, 0.5) is 17.1 Å². The molecule has 1 aliphatic rings. The number of fused-ring (bicyclic) bond motifs is 3. The number of hydrogen-bond donors (Lipinski definition) is 1. The summed E-state index contributed by atoms with van der Waals surface area (Å²) in [4.78, 5) is 2.22. The Morgan fingerprint density at radius 1 is 0.529 bits per heavy atom. The fourth-order valence-electron chi connectivity index (χ4n) is 5.08. The zero-order valence-electron chi connectivity index (χ0n) is 18.4. The fourth-order valence-corrected chi connectivity index (χ4v) is 5.44. The molecule has 0 radical (unpaired) electrons. The van der Waals surface area contributed by atoms with Crippen molar-refractivity contribution < 1.29 is 5.11 Å². The molecule has 5 aromatic rings. The maximum Gasteiger partial charge on any atom is 0.143 e. The van der Waals surface area contributed by atoms with Crippen molar-refractivity contribution in [2.45, 2.75) is 5.60 Å². The molecular weight excluding hydrogens is 482 g/mol. The number of halogens is 1. The lowest BCUT2D eigenvalue weighted by molar-refractivity contribution is 0.131. The summed E-state index contributed by atoms with van der Waals surface area (Å²) in [6, 6.07) is 43.1. The fraction of sp³-hybridized carbons (Fsp3) is 0.0323. The molecule has 1 unspecified atom stereocenters. The van der Waals surface area contributed by atoms with Crippen molar-refractivity contribution in [2.75, 3.05) is 4.90 Å². The standard InChI is InChI=1S/C31H22BrNO/c32-22-19-20-28-26(21-22)25-15-7-8-16-27(25)31(28,34)29-17-9-10-18-30(29)33(23-11-3-1-4-12-23)24-13-5-2-6-14-24/h1-21,34H. The lowest BCUT2D eigenvalue weighted by Gasteiger charge is -2.34. The summed E-state index contributed by atoms with van der Waals surface area (Å²) in [5.74, 6) is 0. The number of aliphatic hydroxyl groups is 1. The third kappa shape index (κ3) is 3.20. The molecule has 164 valence electrons. The summed E-state index contributed by atoms with van der Waals surface area (Å²) in [5, 5.41) is 12.6. The van der Waals surface area contributed by atoms with Gasteiger partial charge in [-0.15, -0.1) is 0 Å². The molecule has 0 aliphatic heterocycles. The van der Waals surface area contributed by atoms with Crippen molar-refractivity contribution in [1.82, 2.24) is 0 Å². The average Bonchev–Trinajstić information content (AvgIpc) is 3.14. The van der Waals surface area contributed by atoms with Crippen LogP contribution in [0.2, 0.25) is 0 Å². The van der Waals surface area contributed by atoms with Crippen molar-refractivity contribution in [2.24, 2.45) is 0 Å². The van der Waals surface area contributed by atoms with Crippen LogP contribution >= 0.6 is 15.9 Å². The lowest BCUT2D eigenvalue weighted by atomic mass is 9.83. The van der Waals surface area contributed by atoms with Crippen molar-refractivity contribution in [3.05, 3.63) is 149 Å². The van der Waals surface area contributed by atoms with Crippen LogP contribution in [0.5, 0.6) is 0 Å². The minimum absolute atomic E-state index is 0.844. The quantitative estimate of drug-likeness (QED) is 0.267. The highest BCUT2D eigenvalue weighted by Gasteiger charge is 2.45. The predicted octanol–water partition coefficient (Wildman–Crippen LogP) is 8.18. The molecule has 0 amide bonds. The molecule has 2 nitrogen and oxygen atoms in total. The van der Waals surface area contributed by atoms with E-state index in [4.69, 9.17) is 0 Å². The summed E-state index contributed by atoms with van der Waals surface area (Å²) < 4.78 is 0.994. The predicted molar refractivity (Wildman–Crippen MR) is 143 cm³/mol. The molecule has 0 fully saturated rings. The van der Waals surface area contributed by atoms with E-state index < -0.39 is 5.60 Å². The third-order valence-electron chi connectivity index (χ3n) is 6.54. The molecule has 3 heteroatoms. The van der Waals surface area contributed by atoms with Crippen molar-refractivity contribution in [1.29, 1.82) is 0 Å². The summed E-state index contributed by atoms with van der Waals surface area (Å²) >= 11 is 3.62. The molecule has 0 saturated heterocycles. The highest BCUT2D eigenvalue weighted by atomic mass is 79.9. The zero-order chi connectivity index (χ0) is 23.1. The molecular formula is C31H22BrNO. The van der Waals surface area contributed by atoms with E-state index in [1.807, 2.05) is 84.9 Å². The summed E-state index contributed by atoms with van der Waals surface area (Å²) in [6.45, 7) is 0. The third-order valence-corrected chi connectivity index (χ3v) is 7.04. The van der Waals surface area contributed by atoms with E-state index in [1.54, 1.807) is 0 Å². The van der Waals surface area contributed by atoms with Gasteiger partial charge in [-0.3, -0.25) is 0 Å². The Hall–Kier alpha value is -3.66. The Labute approximate surface area is 207 Å². The molecule has 0 saturated carbocycles. The van der Waals surface area contributed by atoms with Crippen LogP contribution in [0.1, 0.15) is 16.7 Å². The van der Waals surface area contributed by atoms with Crippen molar-refractivity contribution in [3.63, 3.8) is 0 Å². The van der Waals surface area contributed by atoms with Crippen LogP contribution < -0.4 is 4.90 Å². The van der Waals surface area contributed by atoms with Gasteiger partial charge in [-0.2, -0.15) is 0 Å². The molecule has 1 aliphatic carbocycles. The highest BCUT2D eigenvalue weighted by molar-refractivity contribution is 9.10. The van der Waals surface area contributed by atoms with E-state index in [0.29, 0.717) is 0 Å². The van der Waals surface area contributed by atoms with Gasteiger partial charge in [0.25, 0.3) is 0 Å². The van der Waals surface area contributed by atoms with Crippen LogP contribution in [0, 0.1) is 0 Å². The second-order valence-corrected chi connectivity index (χ2v) is 9.39. The normalized spacial score (nSPS) is 16.1. The van der Waals surface area contributed by atoms with E-state index in [0.717, 1.165) is 49.4 Å². The molecule has 34 heavy (non-hydrogen) atoms. The van der Waals surface area contributed by atoms with Crippen LogP contribution in [-0.4, -0.2) is 5.11 Å². The Kier molecular flexibility index (Phi) is 5.09. The van der Waals surface area contributed by atoms with Gasteiger partial charge in [0, 0.05) is 32.5 Å². The van der Waals surface area contributed by atoms with Crippen molar-refractivity contribution in [3.8, 4) is 11.1 Å². The van der Waals surface area contributed by atoms with E-state index in [-0.39, 0.29) is 0 Å². The van der Waals surface area contributed by atoms with Crippen LogP contribution in [0.15, 0.2) is 132 Å². The largest absolute Gasteiger partial charge is 0.376 e. The van der Waals surface area contributed by atoms with Gasteiger partial charge in [0.2, 0.25) is 0 Å². The second kappa shape index (κ2) is 8.28. The first-order valence-electron chi connectivity index (χ1n) is 11.3. The van der Waals surface area contributed by atoms with E-state index in [1.165, 1.54) is 0 Å². The van der Waals surface area contributed by atoms with Gasteiger partial charge in [-0.25, -0.2) is 0 Å². The number of rotatable bonds is 4. The monoisotopic (exact) mass is 503 g/mol. The maximum atomic E-state index is 12.6. The zero-order valence-corrected chi connectivity index (χ0v) is 20.0. The summed E-state index contributed by atoms with van der Waals surface area (Å²) in [5.41, 5.74) is 6.46. The topological polar surface area (TPSA) is 23.5 Å². The van der Waals surface area contributed by atoms with Gasteiger partial charge in [0.1, 0.15) is 5.60 Å². The SMILES string of the molecule is OC1(c2ccccc2N(c2ccccc2)c2ccccc2)c2ccccc2-c2cc(Br)ccc21. The van der Waals surface area contributed by atoms with Gasteiger partial charge in [0.05, 0.1) is 5.69 Å². The summed E-state index contributed by atoms with van der Waals surface area (Å²) in [6.07, 6.45) is 0. The van der Waals surface area contributed by atoms with E-state index in [2.05, 4.69) is 63.3 Å². The minimum atomic E-state index is -1.29. The Morgan fingerprint density at radius 3 is 1.74 bits per heavy atom. The first-order valence-corrected chi connectivity index (χ1v) is 12.1. The first-order chi connectivity index (χ1) is 16.7. The number of hydrogen-bond acceptors (Lipinski definition) is 2. The van der Waals surface area contributed by atoms with Crippen LogP contribution in [0.3, 0.4) is 0 Å². The molecule has 0 aromatic heterocycles. The second-order valence-electron chi connectivity index (χ2n) is 8.47. The van der Waals surface area contributed by atoms with Crippen molar-refractivity contribution >= 4 is 33.0 Å². The Bertz CT molecular complexity index is 1440. The Morgan fingerprint density at radius 2 is 1.06 bits per heavy atom. The van der Waals surface area contributed by atoms with Gasteiger partial charge < -0.3 is 10.0 Å². The highest BCUT2D eigenvalue weighted by Crippen LogP contribution is 2.54. The van der Waals surface area contributed by atoms with Gasteiger partial charge in [-0.05, 0) is 53.6 Å². The smallest absolute Gasteiger partial charge is 0.143 e. The van der Waals surface area contributed by atoms with Crippen LogP contribution in [-0.2, 0) is 5.60 Å². The molecule has 0 spiro atoms. The molecule has 1 atom stereocenters. The minimum Gasteiger partial charge on any atom is -0.376 e. The maximum absolute atomic E-state index is 12.6. The molecule has 1 N–H and O–H groups in total. The van der Waals surface area contributed by atoms with E-state index in [9.17, 15) is 5.11 Å². The average molecular weight is 504 g/mol. The number of para-hydroxylation sites is 3. The number of anilines is 3. The number of benzene rings is 5. The summed E-state index contributed by atoms with van der Waals surface area (Å²) in [7, 11) is 0. The van der Waals surface area contributed by atoms with Gasteiger partial charge >= 0.3 is 0 Å². The van der Waals surface area contributed by atoms with Crippen LogP contribution in [0.25, 0.3) is 11.1 Å².